The summed E-state index contributed by atoms with van der Waals surface area (Å²) in [7, 11) is 0. The Balaban J connectivity index is 0.00000208. The third-order valence-corrected chi connectivity index (χ3v) is 5.77. The zero-order chi connectivity index (χ0) is 16.2. The van der Waals surface area contributed by atoms with Gasteiger partial charge in [0.2, 0.25) is 11.8 Å². The van der Waals surface area contributed by atoms with Crippen LogP contribution in [0.4, 0.5) is 0 Å². The second-order valence-electron chi connectivity index (χ2n) is 7.40. The minimum absolute atomic E-state index is 0. The SMILES string of the molecule is CCCN(C(=O)C1CC(=O)N(C2CCCC2)C1)C1CCNCC1.Cl. The monoisotopic (exact) mass is 357 g/mol. The minimum Gasteiger partial charge on any atom is -0.339 e. The van der Waals surface area contributed by atoms with E-state index in [0.29, 0.717) is 25.0 Å². The van der Waals surface area contributed by atoms with Crippen molar-refractivity contribution in [2.45, 2.75) is 70.4 Å². The molecule has 5 nitrogen and oxygen atoms in total. The Hall–Kier alpha value is -0.810. The first-order chi connectivity index (χ1) is 11.2. The first-order valence-electron chi connectivity index (χ1n) is 9.51. The highest BCUT2D eigenvalue weighted by molar-refractivity contribution is 5.89. The van der Waals surface area contributed by atoms with Crippen LogP contribution in [0.1, 0.15) is 58.3 Å². The first-order valence-corrected chi connectivity index (χ1v) is 9.51. The number of hydrogen-bond acceptors (Lipinski definition) is 3. The van der Waals surface area contributed by atoms with E-state index in [1.807, 2.05) is 4.90 Å². The summed E-state index contributed by atoms with van der Waals surface area (Å²) >= 11 is 0. The lowest BCUT2D eigenvalue weighted by atomic mass is 10.0. The number of nitrogens with zero attached hydrogens (tertiary/aromatic N) is 2. The van der Waals surface area contributed by atoms with E-state index in [1.54, 1.807) is 0 Å². The van der Waals surface area contributed by atoms with Crippen molar-refractivity contribution < 1.29 is 9.59 Å². The van der Waals surface area contributed by atoms with Crippen molar-refractivity contribution in [2.24, 2.45) is 5.92 Å². The van der Waals surface area contributed by atoms with Gasteiger partial charge in [-0.15, -0.1) is 12.4 Å². The van der Waals surface area contributed by atoms with Gasteiger partial charge in [-0.05, 0) is 45.2 Å². The van der Waals surface area contributed by atoms with Crippen molar-refractivity contribution in [3.05, 3.63) is 0 Å². The van der Waals surface area contributed by atoms with E-state index in [0.717, 1.165) is 51.7 Å². The van der Waals surface area contributed by atoms with Gasteiger partial charge >= 0.3 is 0 Å². The molecule has 1 N–H and O–H groups in total. The molecule has 0 aromatic heterocycles. The average molecular weight is 358 g/mol. The predicted molar refractivity (Wildman–Crippen MR) is 97.2 cm³/mol. The van der Waals surface area contributed by atoms with Crippen LogP contribution in [-0.4, -0.2) is 59.9 Å². The molecule has 3 aliphatic rings. The van der Waals surface area contributed by atoms with Gasteiger partial charge in [0.1, 0.15) is 0 Å². The maximum atomic E-state index is 13.1. The van der Waals surface area contributed by atoms with E-state index < -0.39 is 0 Å². The lowest BCUT2D eigenvalue weighted by Crippen LogP contribution is -2.49. The molecule has 3 fully saturated rings. The van der Waals surface area contributed by atoms with Gasteiger partial charge in [0, 0.05) is 31.6 Å². The Bertz CT molecular complexity index is 434. The summed E-state index contributed by atoms with van der Waals surface area (Å²) in [5.74, 6) is 0.328. The molecular weight excluding hydrogens is 326 g/mol. The molecule has 1 saturated carbocycles. The largest absolute Gasteiger partial charge is 0.339 e. The Morgan fingerprint density at radius 1 is 1.21 bits per heavy atom. The van der Waals surface area contributed by atoms with Gasteiger partial charge in [-0.3, -0.25) is 9.59 Å². The van der Waals surface area contributed by atoms with Gasteiger partial charge in [0.25, 0.3) is 0 Å². The van der Waals surface area contributed by atoms with Crippen molar-refractivity contribution in [1.29, 1.82) is 0 Å². The number of carbonyl (C=O) groups excluding carboxylic acids is 2. The van der Waals surface area contributed by atoms with Crippen LogP contribution < -0.4 is 5.32 Å². The number of amides is 2. The Labute approximate surface area is 151 Å². The van der Waals surface area contributed by atoms with Crippen LogP contribution in [-0.2, 0) is 9.59 Å². The van der Waals surface area contributed by atoms with Crippen molar-refractivity contribution in [2.75, 3.05) is 26.2 Å². The number of likely N-dealkylation sites (tertiary alicyclic amines) is 1. The zero-order valence-electron chi connectivity index (χ0n) is 14.8. The fourth-order valence-corrected chi connectivity index (χ4v) is 4.53. The van der Waals surface area contributed by atoms with Crippen LogP contribution in [0.3, 0.4) is 0 Å². The topological polar surface area (TPSA) is 52.7 Å². The van der Waals surface area contributed by atoms with E-state index in [2.05, 4.69) is 17.1 Å². The quantitative estimate of drug-likeness (QED) is 0.820. The number of halogens is 1. The third-order valence-electron chi connectivity index (χ3n) is 5.77. The minimum atomic E-state index is -0.107. The molecule has 0 spiro atoms. The summed E-state index contributed by atoms with van der Waals surface area (Å²) in [6.45, 7) is 5.61. The molecule has 0 bridgehead atoms. The van der Waals surface area contributed by atoms with Crippen LogP contribution in [0.2, 0.25) is 0 Å². The summed E-state index contributed by atoms with van der Waals surface area (Å²) in [5, 5.41) is 3.37. The molecule has 0 radical (unpaired) electrons. The van der Waals surface area contributed by atoms with Gasteiger partial charge in [0.15, 0.2) is 0 Å². The lowest BCUT2D eigenvalue weighted by molar-refractivity contribution is -0.138. The molecule has 2 saturated heterocycles. The molecule has 3 rings (SSSR count). The second-order valence-corrected chi connectivity index (χ2v) is 7.40. The smallest absolute Gasteiger partial charge is 0.228 e. The second kappa shape index (κ2) is 9.04. The average Bonchev–Trinajstić information content (AvgIpc) is 3.22. The van der Waals surface area contributed by atoms with Gasteiger partial charge < -0.3 is 15.1 Å². The highest BCUT2D eigenvalue weighted by Gasteiger charge is 2.41. The molecular formula is C18H32ClN3O2. The highest BCUT2D eigenvalue weighted by atomic mass is 35.5. The molecule has 0 aromatic rings. The van der Waals surface area contributed by atoms with Crippen molar-refractivity contribution in [1.82, 2.24) is 15.1 Å². The van der Waals surface area contributed by atoms with Crippen LogP contribution in [0, 0.1) is 5.92 Å². The Morgan fingerprint density at radius 3 is 2.50 bits per heavy atom. The summed E-state index contributed by atoms with van der Waals surface area (Å²) in [4.78, 5) is 29.6. The maximum Gasteiger partial charge on any atom is 0.228 e. The molecule has 1 atom stereocenters. The summed E-state index contributed by atoms with van der Waals surface area (Å²) in [6.07, 6.45) is 8.20. The number of carbonyl (C=O) groups is 2. The maximum absolute atomic E-state index is 13.1. The molecule has 138 valence electrons. The van der Waals surface area contributed by atoms with Crippen LogP contribution in [0.5, 0.6) is 0 Å². The van der Waals surface area contributed by atoms with Crippen molar-refractivity contribution in [3.63, 3.8) is 0 Å². The highest BCUT2D eigenvalue weighted by Crippen LogP contribution is 2.31. The molecule has 24 heavy (non-hydrogen) atoms. The first kappa shape index (κ1) is 19.5. The molecule has 6 heteroatoms. The van der Waals surface area contributed by atoms with Gasteiger partial charge in [-0.2, -0.15) is 0 Å². The van der Waals surface area contributed by atoms with Crippen molar-refractivity contribution >= 4 is 24.2 Å². The molecule has 2 amide bonds. The number of rotatable bonds is 5. The van der Waals surface area contributed by atoms with E-state index in [1.165, 1.54) is 12.8 Å². The standard InChI is InChI=1S/C18H31N3O2.ClH/c1-2-11-20(16-7-9-19-10-8-16)18(23)14-12-17(22)21(13-14)15-5-3-4-6-15;/h14-16,19H,2-13H2,1H3;1H. The summed E-state index contributed by atoms with van der Waals surface area (Å²) < 4.78 is 0. The van der Waals surface area contributed by atoms with E-state index in [9.17, 15) is 9.59 Å². The summed E-state index contributed by atoms with van der Waals surface area (Å²) in [5.41, 5.74) is 0. The van der Waals surface area contributed by atoms with Crippen LogP contribution in [0.15, 0.2) is 0 Å². The van der Waals surface area contributed by atoms with Gasteiger partial charge in [-0.25, -0.2) is 0 Å². The molecule has 2 heterocycles. The zero-order valence-corrected chi connectivity index (χ0v) is 15.7. The fraction of sp³-hybridized carbons (Fsp3) is 0.889. The van der Waals surface area contributed by atoms with Crippen LogP contribution >= 0.6 is 12.4 Å². The summed E-state index contributed by atoms with van der Waals surface area (Å²) in [6, 6.07) is 0.762. The molecule has 2 aliphatic heterocycles. The number of nitrogens with one attached hydrogen (secondary N) is 1. The fourth-order valence-electron chi connectivity index (χ4n) is 4.53. The third kappa shape index (κ3) is 4.23. The van der Waals surface area contributed by atoms with E-state index >= 15 is 0 Å². The number of hydrogen-bond donors (Lipinski definition) is 1. The number of piperidine rings is 1. The lowest BCUT2D eigenvalue weighted by Gasteiger charge is -2.36. The molecule has 1 aliphatic carbocycles. The predicted octanol–water partition coefficient (Wildman–Crippen LogP) is 2.19. The Morgan fingerprint density at radius 2 is 1.88 bits per heavy atom. The normalized spacial score (nSPS) is 25.8. The van der Waals surface area contributed by atoms with E-state index in [4.69, 9.17) is 0 Å². The molecule has 0 aromatic carbocycles. The van der Waals surface area contributed by atoms with Gasteiger partial charge in [0.05, 0.1) is 5.92 Å². The van der Waals surface area contributed by atoms with E-state index in [-0.39, 0.29) is 30.1 Å². The van der Waals surface area contributed by atoms with Gasteiger partial charge in [-0.1, -0.05) is 19.8 Å². The molecule has 1 unspecified atom stereocenters. The Kier molecular flexibility index (Phi) is 7.35. The van der Waals surface area contributed by atoms with Crippen LogP contribution in [0.25, 0.3) is 0 Å². The van der Waals surface area contributed by atoms with Crippen molar-refractivity contribution in [3.8, 4) is 0 Å².